The summed E-state index contributed by atoms with van der Waals surface area (Å²) in [5, 5.41) is 2.54. The maximum absolute atomic E-state index is 12.6. The molecule has 0 fully saturated rings. The van der Waals surface area contributed by atoms with Crippen LogP contribution in [0.5, 0.6) is 0 Å². The lowest BCUT2D eigenvalue weighted by Crippen LogP contribution is -2.38. The van der Waals surface area contributed by atoms with Gasteiger partial charge in [0, 0.05) is 22.5 Å². The molecule has 0 spiro atoms. The van der Waals surface area contributed by atoms with Gasteiger partial charge in [-0.2, -0.15) is 0 Å². The molecule has 0 saturated heterocycles. The molecule has 1 amide bonds. The van der Waals surface area contributed by atoms with Gasteiger partial charge in [0.05, 0.1) is 5.69 Å². The standard InChI is InChI=1S/C23H26ClN3O/c1-2-3-4-5-10-15-25-27-23(28)21-16-17-11-6-7-12-18(17)22(26-21)19-13-8-9-14-20(19)24/h6-9,11-14,16,25H,2-5,10,15H2,1H3,(H,27,28). The predicted octanol–water partition coefficient (Wildman–Crippen LogP) is 5.76. The van der Waals surface area contributed by atoms with Gasteiger partial charge < -0.3 is 0 Å². The Morgan fingerprint density at radius 1 is 1.00 bits per heavy atom. The van der Waals surface area contributed by atoms with Crippen molar-refractivity contribution in [1.29, 1.82) is 0 Å². The summed E-state index contributed by atoms with van der Waals surface area (Å²) < 4.78 is 0. The molecule has 1 heterocycles. The lowest BCUT2D eigenvalue weighted by atomic mass is 10.0. The molecular formula is C23H26ClN3O. The zero-order valence-electron chi connectivity index (χ0n) is 16.2. The van der Waals surface area contributed by atoms with Crippen molar-refractivity contribution in [3.63, 3.8) is 0 Å². The molecule has 4 nitrogen and oxygen atoms in total. The Labute approximate surface area is 171 Å². The van der Waals surface area contributed by atoms with Gasteiger partial charge in [0.15, 0.2) is 0 Å². The highest BCUT2D eigenvalue weighted by Gasteiger charge is 2.14. The number of fused-ring (bicyclic) bond motifs is 1. The Morgan fingerprint density at radius 2 is 1.75 bits per heavy atom. The minimum Gasteiger partial charge on any atom is -0.286 e. The van der Waals surface area contributed by atoms with Crippen molar-refractivity contribution in [2.75, 3.05) is 6.54 Å². The van der Waals surface area contributed by atoms with Crippen molar-refractivity contribution in [2.24, 2.45) is 0 Å². The number of hydrogen-bond donors (Lipinski definition) is 2. The van der Waals surface area contributed by atoms with Crippen LogP contribution in [0.2, 0.25) is 5.02 Å². The third-order valence-corrected chi connectivity index (χ3v) is 5.04. The molecule has 0 aliphatic carbocycles. The summed E-state index contributed by atoms with van der Waals surface area (Å²) in [6, 6.07) is 17.3. The zero-order valence-corrected chi connectivity index (χ0v) is 16.9. The zero-order chi connectivity index (χ0) is 19.8. The lowest BCUT2D eigenvalue weighted by Gasteiger charge is -2.12. The maximum Gasteiger partial charge on any atom is 0.284 e. The molecule has 0 radical (unpaired) electrons. The Kier molecular flexibility index (Phi) is 7.40. The predicted molar refractivity (Wildman–Crippen MR) is 116 cm³/mol. The fourth-order valence-corrected chi connectivity index (χ4v) is 3.42. The van der Waals surface area contributed by atoms with E-state index in [-0.39, 0.29) is 5.91 Å². The van der Waals surface area contributed by atoms with Crippen LogP contribution < -0.4 is 10.9 Å². The molecule has 1 aromatic heterocycles. The highest BCUT2D eigenvalue weighted by molar-refractivity contribution is 6.33. The molecular weight excluding hydrogens is 370 g/mol. The van der Waals surface area contributed by atoms with Crippen LogP contribution in [0.1, 0.15) is 49.5 Å². The van der Waals surface area contributed by atoms with Crippen molar-refractivity contribution >= 4 is 28.3 Å². The fourth-order valence-electron chi connectivity index (χ4n) is 3.20. The topological polar surface area (TPSA) is 54.0 Å². The number of nitrogens with zero attached hydrogens (tertiary/aromatic N) is 1. The van der Waals surface area contributed by atoms with Crippen LogP contribution in [0.25, 0.3) is 22.0 Å². The van der Waals surface area contributed by atoms with E-state index in [1.54, 1.807) is 0 Å². The van der Waals surface area contributed by atoms with E-state index in [0.29, 0.717) is 16.4 Å². The second kappa shape index (κ2) is 10.2. The summed E-state index contributed by atoms with van der Waals surface area (Å²) in [6.07, 6.45) is 5.93. The molecule has 28 heavy (non-hydrogen) atoms. The first-order chi connectivity index (χ1) is 13.7. The fraction of sp³-hybridized carbons (Fsp3) is 0.304. The molecule has 3 rings (SSSR count). The third-order valence-electron chi connectivity index (χ3n) is 4.71. The Morgan fingerprint density at radius 3 is 2.57 bits per heavy atom. The number of nitrogens with one attached hydrogen (secondary N) is 2. The molecule has 0 saturated carbocycles. The van der Waals surface area contributed by atoms with Gasteiger partial charge in [-0.25, -0.2) is 10.4 Å². The molecule has 0 atom stereocenters. The molecule has 5 heteroatoms. The highest BCUT2D eigenvalue weighted by Crippen LogP contribution is 2.32. The van der Waals surface area contributed by atoms with Gasteiger partial charge in [-0.05, 0) is 23.9 Å². The summed E-state index contributed by atoms with van der Waals surface area (Å²) in [5.74, 6) is -0.243. The average molecular weight is 396 g/mol. The summed E-state index contributed by atoms with van der Waals surface area (Å²) in [4.78, 5) is 17.3. The van der Waals surface area contributed by atoms with Crippen LogP contribution in [0.3, 0.4) is 0 Å². The molecule has 2 aromatic carbocycles. The van der Waals surface area contributed by atoms with Crippen LogP contribution in [0.4, 0.5) is 0 Å². The van der Waals surface area contributed by atoms with Crippen LogP contribution >= 0.6 is 11.6 Å². The quantitative estimate of drug-likeness (QED) is 0.357. The molecule has 0 aliphatic heterocycles. The summed E-state index contributed by atoms with van der Waals surface area (Å²) in [6.45, 7) is 2.95. The van der Waals surface area contributed by atoms with E-state index in [1.807, 2.05) is 54.6 Å². The van der Waals surface area contributed by atoms with E-state index in [1.165, 1.54) is 25.7 Å². The van der Waals surface area contributed by atoms with Gasteiger partial charge in [-0.3, -0.25) is 10.2 Å². The number of benzene rings is 2. The molecule has 0 unspecified atom stereocenters. The van der Waals surface area contributed by atoms with E-state index >= 15 is 0 Å². The van der Waals surface area contributed by atoms with Crippen LogP contribution in [0.15, 0.2) is 54.6 Å². The van der Waals surface area contributed by atoms with Gasteiger partial charge in [-0.15, -0.1) is 0 Å². The first kappa shape index (κ1) is 20.3. The van der Waals surface area contributed by atoms with Crippen molar-refractivity contribution in [3.05, 3.63) is 65.3 Å². The van der Waals surface area contributed by atoms with Crippen molar-refractivity contribution in [2.45, 2.75) is 39.0 Å². The number of aromatic nitrogens is 1. The second-order valence-electron chi connectivity index (χ2n) is 6.85. The number of hydrazine groups is 1. The summed E-state index contributed by atoms with van der Waals surface area (Å²) in [5.41, 5.74) is 7.68. The minimum atomic E-state index is -0.243. The number of hydrogen-bond acceptors (Lipinski definition) is 3. The van der Waals surface area contributed by atoms with E-state index in [9.17, 15) is 4.79 Å². The van der Waals surface area contributed by atoms with Crippen molar-refractivity contribution in [3.8, 4) is 11.3 Å². The summed E-state index contributed by atoms with van der Waals surface area (Å²) in [7, 11) is 0. The molecule has 3 aromatic rings. The van der Waals surface area contributed by atoms with Gasteiger partial charge in [-0.1, -0.05) is 86.7 Å². The number of halogens is 1. The monoisotopic (exact) mass is 395 g/mol. The smallest absolute Gasteiger partial charge is 0.284 e. The Balaban J connectivity index is 1.77. The molecule has 146 valence electrons. The number of carbonyl (C=O) groups excluding carboxylic acids is 1. The maximum atomic E-state index is 12.6. The normalized spacial score (nSPS) is 10.9. The highest BCUT2D eigenvalue weighted by atomic mass is 35.5. The van der Waals surface area contributed by atoms with E-state index < -0.39 is 0 Å². The Bertz CT molecular complexity index is 942. The molecule has 0 bridgehead atoms. The van der Waals surface area contributed by atoms with Gasteiger partial charge in [0.25, 0.3) is 5.91 Å². The van der Waals surface area contributed by atoms with Gasteiger partial charge in [0.1, 0.15) is 5.69 Å². The van der Waals surface area contributed by atoms with Crippen LogP contribution in [-0.4, -0.2) is 17.4 Å². The average Bonchev–Trinajstić information content (AvgIpc) is 2.72. The largest absolute Gasteiger partial charge is 0.286 e. The van der Waals surface area contributed by atoms with E-state index in [0.717, 1.165) is 29.3 Å². The van der Waals surface area contributed by atoms with Crippen LogP contribution in [-0.2, 0) is 0 Å². The van der Waals surface area contributed by atoms with E-state index in [2.05, 4.69) is 22.8 Å². The van der Waals surface area contributed by atoms with E-state index in [4.69, 9.17) is 11.6 Å². The number of carbonyl (C=O) groups is 1. The molecule has 0 aliphatic rings. The third kappa shape index (κ3) is 5.09. The lowest BCUT2D eigenvalue weighted by molar-refractivity contribution is 0.0928. The minimum absolute atomic E-state index is 0.243. The van der Waals surface area contributed by atoms with Gasteiger partial charge in [0.2, 0.25) is 0 Å². The Hall–Kier alpha value is -2.43. The van der Waals surface area contributed by atoms with Crippen LogP contribution in [0, 0.1) is 0 Å². The van der Waals surface area contributed by atoms with Crippen molar-refractivity contribution < 1.29 is 4.79 Å². The number of unbranched alkanes of at least 4 members (excludes halogenated alkanes) is 4. The second-order valence-corrected chi connectivity index (χ2v) is 7.26. The SMILES string of the molecule is CCCCCCCNNC(=O)c1cc2ccccc2c(-c2ccccc2Cl)n1. The summed E-state index contributed by atoms with van der Waals surface area (Å²) >= 11 is 6.39. The first-order valence-corrected chi connectivity index (χ1v) is 10.3. The van der Waals surface area contributed by atoms with Crippen molar-refractivity contribution in [1.82, 2.24) is 15.8 Å². The number of rotatable bonds is 9. The number of amides is 1. The number of pyridine rings is 1. The first-order valence-electron chi connectivity index (χ1n) is 9.88. The van der Waals surface area contributed by atoms with Gasteiger partial charge >= 0.3 is 0 Å². The molecule has 2 N–H and O–H groups in total.